The van der Waals surface area contributed by atoms with E-state index in [0.29, 0.717) is 41.3 Å². The van der Waals surface area contributed by atoms with Gasteiger partial charge < -0.3 is 20.7 Å². The van der Waals surface area contributed by atoms with Gasteiger partial charge in [-0.15, -0.1) is 0 Å². The molecule has 0 spiro atoms. The second-order valence-corrected chi connectivity index (χ2v) is 9.48. The zero-order valence-corrected chi connectivity index (χ0v) is 19.8. The smallest absolute Gasteiger partial charge is 0.408 e. The summed E-state index contributed by atoms with van der Waals surface area (Å²) in [6.45, 7) is 7.52. The monoisotopic (exact) mass is 473 g/mol. The molecule has 3 rings (SSSR count). The molecular formula is C22H27N5O5S. The van der Waals surface area contributed by atoms with Gasteiger partial charge in [-0.25, -0.2) is 14.8 Å². The SMILES string of the molecule is CCNc1ccc(C(=O)C2CCc3nc(NC(=O)CNC(=O)OC(C)(C)C)sc3C2=O)cn1. The first-order valence-corrected chi connectivity index (χ1v) is 11.4. The topological polar surface area (TPSA) is 139 Å². The molecule has 1 aliphatic carbocycles. The van der Waals surface area contributed by atoms with Gasteiger partial charge in [0.15, 0.2) is 16.7 Å². The van der Waals surface area contributed by atoms with Crippen molar-refractivity contribution in [2.75, 3.05) is 23.7 Å². The third-order valence-electron chi connectivity index (χ3n) is 4.67. The number of pyridine rings is 1. The number of aromatic nitrogens is 2. The molecule has 0 saturated carbocycles. The number of fused-ring (bicyclic) bond motifs is 1. The zero-order chi connectivity index (χ0) is 24.2. The number of thiazole rings is 1. The maximum Gasteiger partial charge on any atom is 0.408 e. The van der Waals surface area contributed by atoms with Crippen molar-refractivity contribution in [3.05, 3.63) is 34.5 Å². The molecule has 2 aromatic heterocycles. The van der Waals surface area contributed by atoms with Crippen molar-refractivity contribution in [1.82, 2.24) is 15.3 Å². The number of amides is 2. The molecule has 3 N–H and O–H groups in total. The molecule has 1 unspecified atom stereocenters. The lowest BCUT2D eigenvalue weighted by Crippen LogP contribution is -2.37. The highest BCUT2D eigenvalue weighted by Crippen LogP contribution is 2.33. The van der Waals surface area contributed by atoms with Crippen LogP contribution in [0.5, 0.6) is 0 Å². The highest BCUT2D eigenvalue weighted by Gasteiger charge is 2.36. The van der Waals surface area contributed by atoms with Crippen LogP contribution >= 0.6 is 11.3 Å². The quantitative estimate of drug-likeness (QED) is 0.412. The number of hydrogen-bond donors (Lipinski definition) is 3. The van der Waals surface area contributed by atoms with E-state index in [-0.39, 0.29) is 23.2 Å². The van der Waals surface area contributed by atoms with E-state index in [1.807, 2.05) is 6.92 Å². The second-order valence-electron chi connectivity index (χ2n) is 8.48. The summed E-state index contributed by atoms with van der Waals surface area (Å²) in [6, 6.07) is 3.37. The molecule has 1 atom stereocenters. The summed E-state index contributed by atoms with van der Waals surface area (Å²) >= 11 is 1.03. The van der Waals surface area contributed by atoms with Crippen molar-refractivity contribution in [1.29, 1.82) is 0 Å². The van der Waals surface area contributed by atoms with Crippen LogP contribution in [0.4, 0.5) is 15.7 Å². The van der Waals surface area contributed by atoms with Gasteiger partial charge in [0.25, 0.3) is 0 Å². The largest absolute Gasteiger partial charge is 0.444 e. The molecule has 1 aliphatic rings. The molecule has 2 aromatic rings. The highest BCUT2D eigenvalue weighted by atomic mass is 32.1. The number of anilines is 2. The molecule has 0 aliphatic heterocycles. The summed E-state index contributed by atoms with van der Waals surface area (Å²) in [5.74, 6) is -1.22. The minimum absolute atomic E-state index is 0.245. The fourth-order valence-electron chi connectivity index (χ4n) is 3.24. The summed E-state index contributed by atoms with van der Waals surface area (Å²) in [7, 11) is 0. The summed E-state index contributed by atoms with van der Waals surface area (Å²) < 4.78 is 5.08. The Hall–Kier alpha value is -3.34. The third-order valence-corrected chi connectivity index (χ3v) is 5.70. The predicted molar refractivity (Wildman–Crippen MR) is 124 cm³/mol. The molecule has 0 aromatic carbocycles. The molecule has 0 saturated heterocycles. The van der Waals surface area contributed by atoms with Crippen LogP contribution < -0.4 is 16.0 Å². The van der Waals surface area contributed by atoms with E-state index in [9.17, 15) is 19.2 Å². The van der Waals surface area contributed by atoms with Gasteiger partial charge in [-0.3, -0.25) is 14.4 Å². The van der Waals surface area contributed by atoms with Crippen LogP contribution in [-0.2, 0) is 16.0 Å². The first kappa shape index (κ1) is 24.3. The predicted octanol–water partition coefficient (Wildman–Crippen LogP) is 3.06. The number of rotatable bonds is 7. The maximum absolute atomic E-state index is 13.0. The normalized spacial score (nSPS) is 15.4. The third kappa shape index (κ3) is 6.35. The minimum atomic E-state index is -0.804. The Bertz CT molecular complexity index is 1060. The van der Waals surface area contributed by atoms with Crippen molar-refractivity contribution < 1.29 is 23.9 Å². The zero-order valence-electron chi connectivity index (χ0n) is 19.0. The Morgan fingerprint density at radius 1 is 1.24 bits per heavy atom. The maximum atomic E-state index is 13.0. The number of hydrogen-bond acceptors (Lipinski definition) is 9. The number of aryl methyl sites for hydroxylation is 1. The Morgan fingerprint density at radius 2 is 2.00 bits per heavy atom. The molecule has 10 nitrogen and oxygen atoms in total. The Balaban J connectivity index is 1.61. The van der Waals surface area contributed by atoms with E-state index in [0.717, 1.165) is 11.3 Å². The molecule has 176 valence electrons. The van der Waals surface area contributed by atoms with Crippen molar-refractivity contribution in [2.45, 2.75) is 46.1 Å². The second kappa shape index (κ2) is 10.1. The molecule has 0 fully saturated rings. The van der Waals surface area contributed by atoms with Gasteiger partial charge in [0.2, 0.25) is 5.91 Å². The lowest BCUT2D eigenvalue weighted by molar-refractivity contribution is -0.115. The fourth-order valence-corrected chi connectivity index (χ4v) is 4.27. The van der Waals surface area contributed by atoms with Gasteiger partial charge >= 0.3 is 6.09 Å². The van der Waals surface area contributed by atoms with Gasteiger partial charge in [-0.1, -0.05) is 11.3 Å². The lowest BCUT2D eigenvalue weighted by Gasteiger charge is -2.19. The van der Waals surface area contributed by atoms with E-state index >= 15 is 0 Å². The number of nitrogens with zero attached hydrogens (tertiary/aromatic N) is 2. The van der Waals surface area contributed by atoms with Crippen LogP contribution in [0.25, 0.3) is 0 Å². The molecule has 33 heavy (non-hydrogen) atoms. The van der Waals surface area contributed by atoms with E-state index in [2.05, 4.69) is 25.9 Å². The Labute approximate surface area is 195 Å². The highest BCUT2D eigenvalue weighted by molar-refractivity contribution is 7.17. The van der Waals surface area contributed by atoms with Crippen LogP contribution in [-0.4, -0.2) is 52.2 Å². The first-order valence-electron chi connectivity index (χ1n) is 10.6. The summed E-state index contributed by atoms with van der Waals surface area (Å²) in [5, 5.41) is 8.24. The Morgan fingerprint density at radius 3 is 2.64 bits per heavy atom. The first-order chi connectivity index (χ1) is 15.6. The van der Waals surface area contributed by atoms with Gasteiger partial charge in [0.05, 0.1) is 16.5 Å². The summed E-state index contributed by atoms with van der Waals surface area (Å²) in [6.07, 6.45) is 1.56. The molecule has 0 bridgehead atoms. The average molecular weight is 474 g/mol. The van der Waals surface area contributed by atoms with Gasteiger partial charge in [-0.2, -0.15) is 0 Å². The number of nitrogens with one attached hydrogen (secondary N) is 3. The number of ketones is 2. The van der Waals surface area contributed by atoms with E-state index in [1.165, 1.54) is 6.20 Å². The molecule has 2 heterocycles. The van der Waals surface area contributed by atoms with Crippen molar-refractivity contribution in [2.24, 2.45) is 5.92 Å². The standard InChI is InChI=1S/C22H27N5O5S/c1-5-23-15-9-6-12(10-24-15)17(29)13-7-8-14-19(18(13)30)33-20(26-14)27-16(28)11-25-21(31)32-22(2,3)4/h6,9-10,13H,5,7-8,11H2,1-4H3,(H,23,24)(H,25,31)(H,26,27,28). The number of alkyl carbamates (subject to hydrolysis) is 1. The number of carbonyl (C=O) groups excluding carboxylic acids is 4. The summed E-state index contributed by atoms with van der Waals surface area (Å²) in [5.41, 5.74) is 0.267. The van der Waals surface area contributed by atoms with Crippen LogP contribution in [0.3, 0.4) is 0 Å². The van der Waals surface area contributed by atoms with Crippen molar-refractivity contribution >= 4 is 45.9 Å². The Kier molecular flexibility index (Phi) is 7.42. The molecule has 2 amide bonds. The van der Waals surface area contributed by atoms with E-state index in [4.69, 9.17) is 4.74 Å². The number of carbonyl (C=O) groups is 4. The van der Waals surface area contributed by atoms with Crippen molar-refractivity contribution in [3.63, 3.8) is 0 Å². The van der Waals surface area contributed by atoms with Gasteiger partial charge in [0.1, 0.15) is 18.0 Å². The fraction of sp³-hybridized carbons (Fsp3) is 0.455. The molecule has 0 radical (unpaired) electrons. The lowest BCUT2D eigenvalue weighted by atomic mass is 9.84. The number of ether oxygens (including phenoxy) is 1. The molecule has 11 heteroatoms. The van der Waals surface area contributed by atoms with Crippen LogP contribution in [0.2, 0.25) is 0 Å². The average Bonchev–Trinajstić information content (AvgIpc) is 3.15. The molecular weight excluding hydrogens is 446 g/mol. The van der Waals surface area contributed by atoms with Crippen LogP contribution in [0, 0.1) is 5.92 Å². The summed E-state index contributed by atoms with van der Waals surface area (Å²) in [4.78, 5) is 58.6. The van der Waals surface area contributed by atoms with E-state index in [1.54, 1.807) is 32.9 Å². The van der Waals surface area contributed by atoms with Gasteiger partial charge in [-0.05, 0) is 52.7 Å². The van der Waals surface area contributed by atoms with Crippen molar-refractivity contribution in [3.8, 4) is 0 Å². The van der Waals surface area contributed by atoms with Gasteiger partial charge in [0, 0.05) is 18.3 Å². The van der Waals surface area contributed by atoms with Crippen LogP contribution in [0.15, 0.2) is 18.3 Å². The minimum Gasteiger partial charge on any atom is -0.444 e. The van der Waals surface area contributed by atoms with Crippen LogP contribution in [0.1, 0.15) is 59.8 Å². The number of Topliss-reactive ketones (excluding diaryl/α,β-unsaturated/α-hetero) is 2. The van der Waals surface area contributed by atoms with E-state index < -0.39 is 23.5 Å².